The maximum absolute atomic E-state index is 12.8. The molecule has 0 aromatic rings. The molecule has 0 fully saturated rings. The van der Waals surface area contributed by atoms with E-state index in [9.17, 15) is 14.4 Å². The van der Waals surface area contributed by atoms with E-state index in [0.29, 0.717) is 19.3 Å². The van der Waals surface area contributed by atoms with Crippen LogP contribution in [0.2, 0.25) is 0 Å². The summed E-state index contributed by atoms with van der Waals surface area (Å²) in [6.07, 6.45) is 94.9. The third-order valence-corrected chi connectivity index (χ3v) is 13.9. The molecule has 0 heterocycles. The third-order valence-electron chi connectivity index (χ3n) is 13.9. The first-order valence-electron chi connectivity index (χ1n) is 33.2. The van der Waals surface area contributed by atoms with Gasteiger partial charge in [-0.15, -0.1) is 0 Å². The van der Waals surface area contributed by atoms with Crippen molar-refractivity contribution in [3.8, 4) is 0 Å². The zero-order valence-electron chi connectivity index (χ0n) is 52.0. The topological polar surface area (TPSA) is 78.9 Å². The van der Waals surface area contributed by atoms with Crippen LogP contribution in [0.5, 0.6) is 0 Å². The van der Waals surface area contributed by atoms with E-state index in [-0.39, 0.29) is 37.5 Å². The smallest absolute Gasteiger partial charge is 0.306 e. The van der Waals surface area contributed by atoms with Crippen LogP contribution in [-0.4, -0.2) is 37.2 Å². The van der Waals surface area contributed by atoms with Crippen LogP contribution in [0.3, 0.4) is 0 Å². The lowest BCUT2D eigenvalue weighted by molar-refractivity contribution is -0.167. The van der Waals surface area contributed by atoms with Crippen molar-refractivity contribution in [1.29, 1.82) is 0 Å². The van der Waals surface area contributed by atoms with Crippen molar-refractivity contribution in [3.05, 3.63) is 134 Å². The number of esters is 3. The monoisotopic (exact) mass is 1110 g/mol. The molecule has 0 aliphatic heterocycles. The van der Waals surface area contributed by atoms with E-state index in [1.165, 1.54) is 135 Å². The van der Waals surface area contributed by atoms with Crippen LogP contribution in [0.15, 0.2) is 134 Å². The zero-order chi connectivity index (χ0) is 57.8. The molecular formula is C74H122O6. The SMILES string of the molecule is CC/C=C\C/C=C\C/C=C\C/C=C\C/C=C\C/C=C\CCCCCCCCCCCCCCCCCCC(=O)OCC(COC(=O)CCCCCCCCCCCC)OC(=O)CCC/C=C\C/C=C\C/C=C\C/C=C\C/C=C\CC. The maximum Gasteiger partial charge on any atom is 0.306 e. The van der Waals surface area contributed by atoms with Crippen molar-refractivity contribution < 1.29 is 28.6 Å². The Bertz CT molecular complexity index is 1700. The molecule has 6 heteroatoms. The molecule has 0 radical (unpaired) electrons. The van der Waals surface area contributed by atoms with Gasteiger partial charge in [0.2, 0.25) is 0 Å². The van der Waals surface area contributed by atoms with Gasteiger partial charge in [0.1, 0.15) is 13.2 Å². The van der Waals surface area contributed by atoms with E-state index in [2.05, 4.69) is 154 Å². The highest BCUT2D eigenvalue weighted by Crippen LogP contribution is 2.16. The predicted molar refractivity (Wildman–Crippen MR) is 348 cm³/mol. The highest BCUT2D eigenvalue weighted by Gasteiger charge is 2.19. The summed E-state index contributed by atoms with van der Waals surface area (Å²) in [5, 5.41) is 0. The number of hydrogen-bond donors (Lipinski definition) is 0. The summed E-state index contributed by atoms with van der Waals surface area (Å²) in [5.41, 5.74) is 0. The van der Waals surface area contributed by atoms with E-state index >= 15 is 0 Å². The van der Waals surface area contributed by atoms with Gasteiger partial charge in [-0.3, -0.25) is 14.4 Å². The number of unbranched alkanes of at least 4 members (excludes halogenated alkanes) is 26. The molecular weight excluding hydrogens is 985 g/mol. The van der Waals surface area contributed by atoms with Gasteiger partial charge in [-0.1, -0.05) is 302 Å². The van der Waals surface area contributed by atoms with Gasteiger partial charge in [0.15, 0.2) is 6.10 Å². The Kier molecular flexibility index (Phi) is 63.3. The number of rotatable bonds is 59. The number of ether oxygens (including phenoxy) is 3. The molecule has 0 rings (SSSR count). The molecule has 0 saturated carbocycles. The van der Waals surface area contributed by atoms with Gasteiger partial charge >= 0.3 is 17.9 Å². The number of carbonyl (C=O) groups is 3. The minimum atomic E-state index is -0.808. The van der Waals surface area contributed by atoms with Crippen LogP contribution in [0.4, 0.5) is 0 Å². The molecule has 1 atom stereocenters. The molecule has 0 aromatic heterocycles. The molecule has 0 amide bonds. The molecule has 0 aromatic carbocycles. The van der Waals surface area contributed by atoms with E-state index in [1.807, 2.05) is 0 Å². The Hall–Kier alpha value is -4.45. The number of hydrogen-bond acceptors (Lipinski definition) is 6. The lowest BCUT2D eigenvalue weighted by Gasteiger charge is -2.18. The molecule has 454 valence electrons. The second-order valence-corrected chi connectivity index (χ2v) is 21.6. The molecule has 6 nitrogen and oxygen atoms in total. The Labute approximate surface area is 494 Å². The second kappa shape index (κ2) is 67.1. The van der Waals surface area contributed by atoms with Crippen LogP contribution in [-0.2, 0) is 28.6 Å². The lowest BCUT2D eigenvalue weighted by atomic mass is 10.0. The van der Waals surface area contributed by atoms with E-state index in [0.717, 1.165) is 116 Å². The molecule has 0 spiro atoms. The normalized spacial score (nSPS) is 13.0. The van der Waals surface area contributed by atoms with Crippen LogP contribution >= 0.6 is 0 Å². The minimum Gasteiger partial charge on any atom is -0.462 e. The summed E-state index contributed by atoms with van der Waals surface area (Å²) < 4.78 is 16.8. The maximum atomic E-state index is 12.8. The quantitative estimate of drug-likeness (QED) is 0.0261. The summed E-state index contributed by atoms with van der Waals surface area (Å²) in [6, 6.07) is 0. The van der Waals surface area contributed by atoms with Gasteiger partial charge in [-0.25, -0.2) is 0 Å². The van der Waals surface area contributed by atoms with Crippen molar-refractivity contribution in [2.45, 2.75) is 303 Å². The molecule has 80 heavy (non-hydrogen) atoms. The average Bonchev–Trinajstić information content (AvgIpc) is 3.46. The minimum absolute atomic E-state index is 0.0995. The van der Waals surface area contributed by atoms with Gasteiger partial charge < -0.3 is 14.2 Å². The summed E-state index contributed by atoms with van der Waals surface area (Å²) in [5.74, 6) is -0.955. The van der Waals surface area contributed by atoms with Gasteiger partial charge in [0.25, 0.3) is 0 Å². The Balaban J connectivity index is 4.16. The second-order valence-electron chi connectivity index (χ2n) is 21.6. The Morgan fingerprint density at radius 2 is 0.500 bits per heavy atom. The van der Waals surface area contributed by atoms with Crippen molar-refractivity contribution in [1.82, 2.24) is 0 Å². The third kappa shape index (κ3) is 64.4. The number of carbonyl (C=O) groups excluding carboxylic acids is 3. The average molecular weight is 1110 g/mol. The molecule has 0 bridgehead atoms. The fourth-order valence-corrected chi connectivity index (χ4v) is 9.01. The zero-order valence-corrected chi connectivity index (χ0v) is 52.0. The first kappa shape index (κ1) is 75.5. The standard InChI is InChI=1S/C74H122O6/c1-4-7-10-13-16-19-22-24-26-28-29-30-31-32-33-34-35-36-37-38-39-40-41-42-43-44-45-47-48-50-52-55-58-61-64-67-73(76)79-70-71(69-78-72(75)66-63-60-57-54-21-18-15-12-9-6-3)80-74(77)68-65-62-59-56-53-51-49-46-27-25-23-20-17-14-11-8-5-2/h7-8,10-11,16-17,19-20,24-27,29-30,32-33,35-36,49,51,56,59,71H,4-6,9,12-15,18,21-23,28,31,34,37-48,50,52-55,57-58,60-70H2,1-3H3/b10-7-,11-8-,19-16-,20-17-,26-24-,27-25-,30-29-,33-32-,36-35-,51-49-,59-56-. The van der Waals surface area contributed by atoms with Crippen LogP contribution in [0, 0.1) is 0 Å². The fourth-order valence-electron chi connectivity index (χ4n) is 9.01. The summed E-state index contributed by atoms with van der Waals surface area (Å²) in [6.45, 7) is 6.36. The predicted octanol–water partition coefficient (Wildman–Crippen LogP) is 22.9. The lowest BCUT2D eigenvalue weighted by Crippen LogP contribution is -2.30. The fraction of sp³-hybridized carbons (Fsp3) is 0.662. The first-order chi connectivity index (χ1) is 39.5. The number of allylic oxidation sites excluding steroid dienone is 22. The van der Waals surface area contributed by atoms with Crippen molar-refractivity contribution in [2.75, 3.05) is 13.2 Å². The summed E-state index contributed by atoms with van der Waals surface area (Å²) in [4.78, 5) is 38.2. The van der Waals surface area contributed by atoms with Crippen LogP contribution < -0.4 is 0 Å². The molecule has 0 aliphatic carbocycles. The van der Waals surface area contributed by atoms with Crippen LogP contribution in [0.1, 0.15) is 297 Å². The van der Waals surface area contributed by atoms with Gasteiger partial charge in [-0.05, 0) is 109 Å². The molecule has 0 saturated heterocycles. The Morgan fingerprint density at radius 1 is 0.263 bits per heavy atom. The van der Waals surface area contributed by atoms with Crippen molar-refractivity contribution >= 4 is 17.9 Å². The largest absolute Gasteiger partial charge is 0.462 e. The first-order valence-corrected chi connectivity index (χ1v) is 33.2. The van der Waals surface area contributed by atoms with E-state index < -0.39 is 6.10 Å². The van der Waals surface area contributed by atoms with E-state index in [4.69, 9.17) is 14.2 Å². The highest BCUT2D eigenvalue weighted by atomic mass is 16.6. The molecule has 0 aliphatic rings. The Morgan fingerprint density at radius 3 is 0.800 bits per heavy atom. The summed E-state index contributed by atoms with van der Waals surface area (Å²) >= 11 is 0. The van der Waals surface area contributed by atoms with E-state index in [1.54, 1.807) is 0 Å². The molecule has 1 unspecified atom stereocenters. The molecule has 0 N–H and O–H groups in total. The van der Waals surface area contributed by atoms with Crippen molar-refractivity contribution in [2.24, 2.45) is 0 Å². The van der Waals surface area contributed by atoms with Gasteiger partial charge in [0, 0.05) is 19.3 Å². The summed E-state index contributed by atoms with van der Waals surface area (Å²) in [7, 11) is 0. The van der Waals surface area contributed by atoms with Crippen molar-refractivity contribution in [3.63, 3.8) is 0 Å². The van der Waals surface area contributed by atoms with Crippen LogP contribution in [0.25, 0.3) is 0 Å². The van der Waals surface area contributed by atoms with Gasteiger partial charge in [0.05, 0.1) is 0 Å². The highest BCUT2D eigenvalue weighted by molar-refractivity contribution is 5.71. The van der Waals surface area contributed by atoms with Gasteiger partial charge in [-0.2, -0.15) is 0 Å².